The first-order chi connectivity index (χ1) is 17.2. The van der Waals surface area contributed by atoms with Crippen molar-refractivity contribution in [2.75, 3.05) is 26.9 Å². The predicted octanol–water partition coefficient (Wildman–Crippen LogP) is 2.88. The Morgan fingerprint density at radius 1 is 0.889 bits per heavy atom. The molecule has 36 heavy (non-hydrogen) atoms. The maximum Gasteiger partial charge on any atom is 0.344 e. The van der Waals surface area contributed by atoms with Crippen LogP contribution < -0.4 is 4.74 Å². The van der Waals surface area contributed by atoms with Gasteiger partial charge in [0, 0.05) is 6.42 Å². The third-order valence-electron chi connectivity index (χ3n) is 5.05. The highest BCUT2D eigenvalue weighted by Crippen LogP contribution is 2.26. The second kappa shape index (κ2) is 14.2. The molecule has 12 heteroatoms. The zero-order valence-electron chi connectivity index (χ0n) is 19.9. The lowest BCUT2D eigenvalue weighted by Gasteiger charge is -2.13. The van der Waals surface area contributed by atoms with Gasteiger partial charge >= 0.3 is 23.9 Å². The van der Waals surface area contributed by atoms with E-state index in [9.17, 15) is 29.3 Å². The Kier molecular flexibility index (Phi) is 11.1. The van der Waals surface area contributed by atoms with E-state index >= 15 is 0 Å². The summed E-state index contributed by atoms with van der Waals surface area (Å²) < 4.78 is 19.3. The highest BCUT2D eigenvalue weighted by molar-refractivity contribution is 5.88. The summed E-state index contributed by atoms with van der Waals surface area (Å²) >= 11 is 0. The van der Waals surface area contributed by atoms with Crippen molar-refractivity contribution in [3.05, 3.63) is 52.1 Å². The number of rotatable bonds is 14. The number of methoxy groups -OCH3 is 1. The Hall–Kier alpha value is -4.22. The van der Waals surface area contributed by atoms with Gasteiger partial charge in [0.15, 0.2) is 13.2 Å². The lowest BCUT2D eigenvalue weighted by Crippen LogP contribution is -2.22. The van der Waals surface area contributed by atoms with Gasteiger partial charge in [0.2, 0.25) is 0 Å². The summed E-state index contributed by atoms with van der Waals surface area (Å²) in [4.78, 5) is 61.2. The van der Waals surface area contributed by atoms with Crippen LogP contribution in [0.2, 0.25) is 0 Å². The molecule has 0 spiro atoms. The number of carbonyl (C=O) groups excluding carboxylic acids is 4. The van der Waals surface area contributed by atoms with E-state index in [1.54, 1.807) is 43.3 Å². The van der Waals surface area contributed by atoms with Crippen molar-refractivity contribution in [1.82, 2.24) is 0 Å². The molecule has 0 fully saturated rings. The molecule has 0 aliphatic heterocycles. The molecule has 0 aliphatic rings. The zero-order valence-corrected chi connectivity index (χ0v) is 19.9. The van der Waals surface area contributed by atoms with E-state index in [1.165, 1.54) is 0 Å². The molecule has 0 amide bonds. The largest absolute Gasteiger partial charge is 0.466 e. The summed E-state index contributed by atoms with van der Waals surface area (Å²) in [7, 11) is 1.15. The summed E-state index contributed by atoms with van der Waals surface area (Å²) in [6, 6.07) is 10.4. The van der Waals surface area contributed by atoms with E-state index in [-0.39, 0.29) is 13.0 Å². The Morgan fingerprint density at radius 2 is 1.58 bits per heavy atom. The Balaban J connectivity index is 1.85. The van der Waals surface area contributed by atoms with Crippen molar-refractivity contribution in [3.8, 4) is 5.75 Å². The average Bonchev–Trinajstić information content (AvgIpc) is 2.86. The smallest absolute Gasteiger partial charge is 0.344 e. The molecular weight excluding hydrogens is 478 g/mol. The molecule has 1 atom stereocenters. The van der Waals surface area contributed by atoms with E-state index in [0.29, 0.717) is 30.6 Å². The van der Waals surface area contributed by atoms with Crippen LogP contribution in [0, 0.1) is 10.1 Å². The maximum atomic E-state index is 12.3. The van der Waals surface area contributed by atoms with E-state index < -0.39 is 48.1 Å². The van der Waals surface area contributed by atoms with Gasteiger partial charge in [0.05, 0.1) is 19.6 Å². The van der Waals surface area contributed by atoms with E-state index in [0.717, 1.165) is 17.9 Å². The van der Waals surface area contributed by atoms with Gasteiger partial charge in [-0.1, -0.05) is 30.7 Å². The molecule has 2 rings (SSSR count). The molecule has 0 heterocycles. The Morgan fingerprint density at radius 3 is 2.31 bits per heavy atom. The topological polar surface area (TPSA) is 158 Å². The van der Waals surface area contributed by atoms with Crippen LogP contribution in [0.5, 0.6) is 5.75 Å². The normalized spacial score (nSPS) is 11.3. The van der Waals surface area contributed by atoms with Gasteiger partial charge in [-0.3, -0.25) is 9.59 Å². The number of carbonyl (C=O) groups is 4. The fraction of sp³-hybridized carbons (Fsp3) is 0.417. The number of esters is 4. The van der Waals surface area contributed by atoms with Crippen LogP contribution in [-0.2, 0) is 38.2 Å². The number of hydrogen-bond donors (Lipinski definition) is 0. The van der Waals surface area contributed by atoms with Crippen molar-refractivity contribution in [2.45, 2.75) is 38.5 Å². The second-order valence-electron chi connectivity index (χ2n) is 7.68. The standard InChI is InChI=1S/C24H27NO11/c1-16(24(29)34-15-23(28)33-14-22(27)32-2)17-7-8-19-13-20(10-9-18(19)12-17)36-21(26)6-4-3-5-11-35-25(30)31/h7-10,12-13,16H,3-6,11,14-15H2,1-2H3. The average molecular weight is 505 g/mol. The minimum Gasteiger partial charge on any atom is -0.466 e. The monoisotopic (exact) mass is 505 g/mol. The third-order valence-corrected chi connectivity index (χ3v) is 5.05. The Bertz CT molecular complexity index is 1100. The predicted molar refractivity (Wildman–Crippen MR) is 123 cm³/mol. The number of nitrogens with zero attached hydrogens (tertiary/aromatic N) is 1. The first-order valence-corrected chi connectivity index (χ1v) is 11.1. The molecule has 0 saturated carbocycles. The SMILES string of the molecule is COC(=O)COC(=O)COC(=O)C(C)c1ccc2cc(OC(=O)CCCCCO[N+](=O)[O-])ccc2c1. The summed E-state index contributed by atoms with van der Waals surface area (Å²) in [5, 5.41) is 10.8. The van der Waals surface area contributed by atoms with Crippen LogP contribution in [0.3, 0.4) is 0 Å². The van der Waals surface area contributed by atoms with Crippen LogP contribution in [0.1, 0.15) is 44.1 Å². The molecule has 2 aromatic carbocycles. The highest BCUT2D eigenvalue weighted by Gasteiger charge is 2.19. The summed E-state index contributed by atoms with van der Waals surface area (Å²) in [5.41, 5.74) is 0.654. The number of fused-ring (bicyclic) bond motifs is 1. The Labute approximate surface area is 206 Å². The quantitative estimate of drug-likeness (QED) is 0.0928. The first-order valence-electron chi connectivity index (χ1n) is 11.1. The van der Waals surface area contributed by atoms with Gasteiger partial charge in [-0.25, -0.2) is 9.59 Å². The van der Waals surface area contributed by atoms with Crippen molar-refractivity contribution in [2.24, 2.45) is 0 Å². The van der Waals surface area contributed by atoms with Crippen LogP contribution in [-0.4, -0.2) is 55.9 Å². The molecule has 0 radical (unpaired) electrons. The summed E-state index contributed by atoms with van der Waals surface area (Å²) in [5.74, 6) is -2.95. The van der Waals surface area contributed by atoms with Gasteiger partial charge in [0.1, 0.15) is 5.75 Å². The number of unbranched alkanes of at least 4 members (excludes halogenated alkanes) is 2. The molecule has 0 aromatic heterocycles. The van der Waals surface area contributed by atoms with E-state index in [4.69, 9.17) is 9.47 Å². The van der Waals surface area contributed by atoms with Gasteiger partial charge in [-0.15, -0.1) is 10.1 Å². The zero-order chi connectivity index (χ0) is 26.5. The minimum atomic E-state index is -0.870. The number of hydrogen-bond acceptors (Lipinski definition) is 11. The molecule has 2 aromatic rings. The molecule has 194 valence electrons. The van der Waals surface area contributed by atoms with Crippen molar-refractivity contribution in [1.29, 1.82) is 0 Å². The molecule has 12 nitrogen and oxygen atoms in total. The van der Waals surface area contributed by atoms with Crippen molar-refractivity contribution < 1.29 is 48.0 Å². The van der Waals surface area contributed by atoms with Gasteiger partial charge in [-0.05, 0) is 48.2 Å². The summed E-state index contributed by atoms with van der Waals surface area (Å²) in [6.45, 7) is 0.429. The van der Waals surface area contributed by atoms with E-state index in [1.807, 2.05) is 0 Å². The lowest BCUT2D eigenvalue weighted by molar-refractivity contribution is -0.757. The van der Waals surface area contributed by atoms with Crippen molar-refractivity contribution in [3.63, 3.8) is 0 Å². The third kappa shape index (κ3) is 9.57. The number of ether oxygens (including phenoxy) is 4. The second-order valence-corrected chi connectivity index (χ2v) is 7.68. The highest BCUT2D eigenvalue weighted by atomic mass is 16.9. The van der Waals surface area contributed by atoms with Crippen LogP contribution in [0.4, 0.5) is 0 Å². The van der Waals surface area contributed by atoms with E-state index in [2.05, 4.69) is 14.3 Å². The fourth-order valence-corrected chi connectivity index (χ4v) is 3.08. The maximum absolute atomic E-state index is 12.3. The fourth-order valence-electron chi connectivity index (χ4n) is 3.08. The molecule has 0 aliphatic carbocycles. The molecule has 0 saturated heterocycles. The summed E-state index contributed by atoms with van der Waals surface area (Å²) in [6.07, 6.45) is 1.76. The van der Waals surface area contributed by atoms with Gasteiger partial charge in [0.25, 0.3) is 5.09 Å². The number of benzene rings is 2. The molecular formula is C24H27NO11. The first kappa shape index (κ1) is 28.0. The molecule has 0 bridgehead atoms. The minimum absolute atomic E-state index is 0.00532. The lowest BCUT2D eigenvalue weighted by atomic mass is 9.98. The van der Waals surface area contributed by atoms with Crippen molar-refractivity contribution >= 4 is 34.6 Å². The van der Waals surface area contributed by atoms with Crippen LogP contribution >= 0.6 is 0 Å². The van der Waals surface area contributed by atoms with Crippen LogP contribution in [0.15, 0.2) is 36.4 Å². The molecule has 1 unspecified atom stereocenters. The van der Waals surface area contributed by atoms with Gasteiger partial charge < -0.3 is 23.8 Å². The van der Waals surface area contributed by atoms with Gasteiger partial charge in [-0.2, -0.15) is 0 Å². The molecule has 0 N–H and O–H groups in total. The van der Waals surface area contributed by atoms with Crippen LogP contribution in [0.25, 0.3) is 10.8 Å².